The molecule has 3 aromatic rings. The van der Waals surface area contributed by atoms with Crippen LogP contribution in [-0.2, 0) is 52.8 Å². The summed E-state index contributed by atoms with van der Waals surface area (Å²) in [6.45, 7) is 14.5. The normalized spacial score (nSPS) is 29.3. The highest BCUT2D eigenvalue weighted by atomic mass is 32.1. The third kappa shape index (κ3) is 10.6. The number of aromatic nitrogens is 2. The van der Waals surface area contributed by atoms with Crippen molar-refractivity contribution >= 4 is 57.7 Å². The number of carbonyl (C=O) groups is 4. The van der Waals surface area contributed by atoms with Gasteiger partial charge >= 0.3 is 5.97 Å². The van der Waals surface area contributed by atoms with Crippen molar-refractivity contribution in [2.45, 2.75) is 167 Å². The Balaban J connectivity index is 0.879. The fourth-order valence-electron chi connectivity index (χ4n) is 14.1. The number of benzene rings is 1. The highest BCUT2D eigenvalue weighted by Gasteiger charge is 2.60. The van der Waals surface area contributed by atoms with Crippen LogP contribution >= 0.6 is 11.3 Å². The summed E-state index contributed by atoms with van der Waals surface area (Å²) in [7, 11) is 3.47. The molecule has 2 saturated carbocycles. The molecule has 1 spiro atoms. The van der Waals surface area contributed by atoms with Gasteiger partial charge in [-0.25, -0.2) is 10.4 Å². The molecule has 8 atom stereocenters. The first kappa shape index (κ1) is 52.5. The van der Waals surface area contributed by atoms with Crippen LogP contribution in [0.2, 0.25) is 0 Å². The first-order valence-corrected chi connectivity index (χ1v) is 29.4. The first-order chi connectivity index (χ1) is 36.3. The van der Waals surface area contributed by atoms with Gasteiger partial charge in [0, 0.05) is 117 Å². The summed E-state index contributed by atoms with van der Waals surface area (Å²) in [6, 6.07) is 4.94. The van der Waals surface area contributed by atoms with E-state index in [4.69, 9.17) is 24.2 Å². The number of hydrazine groups is 1. The van der Waals surface area contributed by atoms with E-state index in [9.17, 15) is 9.59 Å². The van der Waals surface area contributed by atoms with E-state index in [0.717, 1.165) is 136 Å². The molecule has 6 fully saturated rings. The number of nitrogens with one attached hydrogen (secondary N) is 2. The Hall–Kier alpha value is -4.52. The molecule has 4 saturated heterocycles. The Kier molecular flexibility index (Phi) is 15.2. The monoisotopic (exact) mass is 1050 g/mol. The smallest absolute Gasteiger partial charge is 0.324 e. The molecule has 1 aromatic carbocycles. The summed E-state index contributed by atoms with van der Waals surface area (Å²) < 4.78 is 19.9. The lowest BCUT2D eigenvalue weighted by Crippen LogP contribution is -2.62. The van der Waals surface area contributed by atoms with Crippen LogP contribution < -0.4 is 10.7 Å². The number of ether oxygens (including phenoxy) is 3. The average Bonchev–Trinajstić information content (AvgIpc) is 3.94. The first-order valence-electron chi connectivity index (χ1n) is 28.5. The van der Waals surface area contributed by atoms with Gasteiger partial charge in [0.2, 0.25) is 11.8 Å². The molecule has 0 radical (unpaired) electrons. The number of cyclic esters (lactones) is 1. The molecule has 8 aliphatic rings. The number of hydrogen-bond donors (Lipinski definition) is 2. The van der Waals surface area contributed by atoms with E-state index >= 15 is 9.59 Å². The lowest BCUT2D eigenvalue weighted by atomic mass is 9.83. The van der Waals surface area contributed by atoms with Crippen LogP contribution in [0, 0.1) is 22.7 Å². The molecule has 406 valence electrons. The molecule has 1 unspecified atom stereocenters. The van der Waals surface area contributed by atoms with E-state index in [0.29, 0.717) is 44.4 Å². The lowest BCUT2D eigenvalue weighted by Gasteiger charge is -2.37. The number of esters is 1. The molecule has 2 aromatic heterocycles. The second-order valence-electron chi connectivity index (χ2n) is 24.1. The number of fused-ring (bicyclic) bond motifs is 6. The molecular formula is C58H81N9O7S. The van der Waals surface area contributed by atoms with E-state index in [1.165, 1.54) is 35.3 Å². The number of amides is 3. The van der Waals surface area contributed by atoms with Crippen molar-refractivity contribution in [1.82, 2.24) is 40.0 Å². The molecule has 2 aliphatic carbocycles. The predicted molar refractivity (Wildman–Crippen MR) is 291 cm³/mol. The van der Waals surface area contributed by atoms with Crippen molar-refractivity contribution in [2.24, 2.45) is 27.7 Å². The molecule has 2 N–H and O–H groups in total. The van der Waals surface area contributed by atoms with Gasteiger partial charge in [0.15, 0.2) is 0 Å². The van der Waals surface area contributed by atoms with Crippen LogP contribution in [0.25, 0.3) is 27.7 Å². The SMILES string of the molecule is CCn1c(C2=C([C@H](C)OC)N=CCC2)c2c3cc(ccc31)-c1csc(n1)C[C@H](NC(=O)[C@H](C1CCCC1)N1CC[C@]3(CCN(C(=O)[C@H]4[C@@H](C5CC5)N4CCCOC)C3)C1)C(=O)N1CCC[C@H](N1)C(=O)OCC(C)(C)C2. The molecule has 8 heterocycles. The van der Waals surface area contributed by atoms with Gasteiger partial charge in [0.25, 0.3) is 5.91 Å². The largest absolute Gasteiger partial charge is 0.464 e. The van der Waals surface area contributed by atoms with Gasteiger partial charge in [-0.3, -0.25) is 39.0 Å². The van der Waals surface area contributed by atoms with Crippen LogP contribution in [0.3, 0.4) is 0 Å². The van der Waals surface area contributed by atoms with Crippen LogP contribution in [0.15, 0.2) is 34.3 Å². The highest BCUT2D eigenvalue weighted by molar-refractivity contribution is 7.10. The molecule has 11 rings (SSSR count). The molecule has 75 heavy (non-hydrogen) atoms. The number of carbonyl (C=O) groups excluding carboxylic acids is 4. The summed E-state index contributed by atoms with van der Waals surface area (Å²) >= 11 is 1.51. The summed E-state index contributed by atoms with van der Waals surface area (Å²) in [6.07, 6.45) is 14.8. The molecule has 17 heteroatoms. The van der Waals surface area contributed by atoms with E-state index < -0.39 is 23.5 Å². The van der Waals surface area contributed by atoms with E-state index in [2.05, 4.69) is 81.3 Å². The summed E-state index contributed by atoms with van der Waals surface area (Å²) in [5.41, 5.74) is 10.2. The second kappa shape index (κ2) is 21.7. The Morgan fingerprint density at radius 3 is 2.61 bits per heavy atom. The van der Waals surface area contributed by atoms with Gasteiger partial charge in [-0.2, -0.15) is 0 Å². The maximum Gasteiger partial charge on any atom is 0.324 e. The number of methoxy groups -OCH3 is 2. The zero-order chi connectivity index (χ0) is 52.2. The maximum absolute atomic E-state index is 15.2. The van der Waals surface area contributed by atoms with Crippen molar-refractivity contribution in [3.05, 3.63) is 45.5 Å². The van der Waals surface area contributed by atoms with Crippen molar-refractivity contribution in [3.63, 3.8) is 0 Å². The topological polar surface area (TPSA) is 163 Å². The number of aryl methyl sites for hydroxylation is 1. The Bertz CT molecular complexity index is 2700. The standard InChI is InChI=1S/C58H81N9O7S/c1-7-65-46-20-19-39-29-41(46)42(51(65)40-15-10-23-59-48(40)36(2)73-6)31-57(3,4)35-74-56(71)43-16-11-25-67(62-43)54(69)44(30-47-60-45(39)32-75-47)61-53(68)50(37-13-8-9-14-37)63-26-21-58(33-63)22-27-64(34-58)55(70)52-49(38-17-18-38)66(52)24-12-28-72-5/h19-20,23,29,32,36-38,43-44,49-50,52,62H,7-18,21-22,24-28,30-31,33-35H2,1-6H3,(H,61,68)/t36-,43-,44-,49+,50-,52+,58-,66?/m0/s1. The van der Waals surface area contributed by atoms with Crippen LogP contribution in [-0.4, -0.2) is 162 Å². The Morgan fingerprint density at radius 2 is 1.84 bits per heavy atom. The second-order valence-corrected chi connectivity index (χ2v) is 25.1. The summed E-state index contributed by atoms with van der Waals surface area (Å²) in [4.78, 5) is 75.7. The molecule has 6 aliphatic heterocycles. The molecule has 16 nitrogen and oxygen atoms in total. The maximum atomic E-state index is 15.2. The Labute approximate surface area is 447 Å². The third-order valence-corrected chi connectivity index (χ3v) is 19.1. The average molecular weight is 1050 g/mol. The van der Waals surface area contributed by atoms with Crippen molar-refractivity contribution < 1.29 is 33.4 Å². The van der Waals surface area contributed by atoms with Crippen LogP contribution in [0.5, 0.6) is 0 Å². The van der Waals surface area contributed by atoms with Gasteiger partial charge in [-0.15, -0.1) is 11.3 Å². The van der Waals surface area contributed by atoms with Crippen molar-refractivity contribution in [2.75, 3.05) is 66.7 Å². The van der Waals surface area contributed by atoms with E-state index in [1.807, 2.05) is 6.21 Å². The molecule has 6 bridgehead atoms. The summed E-state index contributed by atoms with van der Waals surface area (Å²) in [5, 5.41) is 8.85. The number of likely N-dealkylation sites (tertiary alicyclic amines) is 2. The minimum Gasteiger partial charge on any atom is -0.464 e. The Morgan fingerprint density at radius 1 is 1.03 bits per heavy atom. The van der Waals surface area contributed by atoms with E-state index in [-0.39, 0.29) is 60.2 Å². The fourth-order valence-corrected chi connectivity index (χ4v) is 15.0. The van der Waals surface area contributed by atoms with Crippen LogP contribution in [0.1, 0.15) is 127 Å². The molecular weight excluding hydrogens is 967 g/mol. The molecule has 3 amide bonds. The zero-order valence-corrected chi connectivity index (χ0v) is 46.2. The van der Waals surface area contributed by atoms with Crippen LogP contribution in [0.4, 0.5) is 0 Å². The highest BCUT2D eigenvalue weighted by Crippen LogP contribution is 2.50. The van der Waals surface area contributed by atoms with Crippen molar-refractivity contribution in [3.8, 4) is 11.3 Å². The predicted octanol–water partition coefficient (Wildman–Crippen LogP) is 7.03. The lowest BCUT2D eigenvalue weighted by molar-refractivity contribution is -0.155. The van der Waals surface area contributed by atoms with Gasteiger partial charge in [0.1, 0.15) is 18.1 Å². The quantitative estimate of drug-likeness (QED) is 0.0970. The number of hydrogen-bond acceptors (Lipinski definition) is 13. The van der Waals surface area contributed by atoms with Crippen molar-refractivity contribution in [1.29, 1.82) is 0 Å². The number of allylic oxidation sites excluding steroid dienone is 1. The van der Waals surface area contributed by atoms with E-state index in [1.54, 1.807) is 19.2 Å². The number of aliphatic imine (C=N–C) groups is 1. The van der Waals surface area contributed by atoms with Gasteiger partial charge < -0.3 is 29.0 Å². The number of rotatable bonds is 14. The fraction of sp³-hybridized carbons (Fsp3) is 0.690. The minimum atomic E-state index is -0.924. The van der Waals surface area contributed by atoms with Gasteiger partial charge in [-0.1, -0.05) is 32.8 Å². The minimum absolute atomic E-state index is 0.00612. The third-order valence-electron chi connectivity index (χ3n) is 18.2. The van der Waals surface area contributed by atoms with Gasteiger partial charge in [-0.05, 0) is 127 Å². The number of nitrogens with zero attached hydrogens (tertiary/aromatic N) is 7. The van der Waals surface area contributed by atoms with Gasteiger partial charge in [0.05, 0.1) is 40.8 Å². The number of thiazole rings is 1. The summed E-state index contributed by atoms with van der Waals surface area (Å²) in [5.74, 6) is 0.313. The zero-order valence-electron chi connectivity index (χ0n) is 45.4.